The van der Waals surface area contributed by atoms with E-state index in [0.717, 1.165) is 4.31 Å². The number of carbonyl (C=O) groups excluding carboxylic acids is 2. The number of methoxy groups -OCH3 is 1. The number of aliphatic hydroxyl groups excluding tert-OH is 1. The van der Waals surface area contributed by atoms with Crippen LogP contribution in [0.4, 0.5) is 16.2 Å². The van der Waals surface area contributed by atoms with Gasteiger partial charge in [-0.3, -0.25) is 4.79 Å². The zero-order chi connectivity index (χ0) is 31.5. The summed E-state index contributed by atoms with van der Waals surface area (Å²) in [6, 6.07) is 10.4. The molecule has 3 atom stereocenters. The molecule has 1 aliphatic heterocycles. The predicted octanol–water partition coefficient (Wildman–Crippen LogP) is 3.48. The Morgan fingerprint density at radius 1 is 1.21 bits per heavy atom. The van der Waals surface area contributed by atoms with Gasteiger partial charge in [-0.25, -0.2) is 13.2 Å². The van der Waals surface area contributed by atoms with Crippen LogP contribution in [-0.4, -0.2) is 85.8 Å². The van der Waals surface area contributed by atoms with Gasteiger partial charge in [0, 0.05) is 25.2 Å². The molecule has 4 rings (SSSR count). The number of aryl methyl sites for hydroxylation is 2. The minimum atomic E-state index is -4.00. The summed E-state index contributed by atoms with van der Waals surface area (Å²) in [7, 11) is -1.03. The van der Waals surface area contributed by atoms with E-state index in [-0.39, 0.29) is 59.0 Å². The molecule has 43 heavy (non-hydrogen) atoms. The van der Waals surface area contributed by atoms with Gasteiger partial charge in [0.1, 0.15) is 22.4 Å². The number of ether oxygens (including phenoxy) is 2. The van der Waals surface area contributed by atoms with Gasteiger partial charge in [-0.15, -0.1) is 0 Å². The number of hydrogen-bond donors (Lipinski definition) is 3. The molecule has 0 radical (unpaired) electrons. The van der Waals surface area contributed by atoms with Crippen LogP contribution in [0.3, 0.4) is 0 Å². The molecule has 13 nitrogen and oxygen atoms in total. The molecule has 2 heterocycles. The van der Waals surface area contributed by atoms with Crippen LogP contribution in [0.25, 0.3) is 0 Å². The lowest BCUT2D eigenvalue weighted by Gasteiger charge is -2.38. The fourth-order valence-electron chi connectivity index (χ4n) is 4.87. The SMILES string of the molecule is COc1ccc(NC(=O)Nc2cccc3c2O[C@H](CN(C)S(=O)(=O)c2c(C)noc2C)[C@@H](C)CN([C@H](C)CO)C3=O)cc1. The summed E-state index contributed by atoms with van der Waals surface area (Å²) in [4.78, 5) is 28.2. The first-order valence-electron chi connectivity index (χ1n) is 13.7. The normalized spacial score (nSPS) is 17.9. The molecule has 0 aliphatic carbocycles. The van der Waals surface area contributed by atoms with Crippen molar-refractivity contribution in [2.45, 2.75) is 44.7 Å². The van der Waals surface area contributed by atoms with Crippen molar-refractivity contribution in [3.8, 4) is 11.5 Å². The number of benzene rings is 2. The van der Waals surface area contributed by atoms with E-state index in [2.05, 4.69) is 15.8 Å². The molecule has 14 heteroatoms. The van der Waals surface area contributed by atoms with Gasteiger partial charge in [0.2, 0.25) is 10.0 Å². The summed E-state index contributed by atoms with van der Waals surface area (Å²) < 4.78 is 44.9. The molecule has 1 aliphatic rings. The van der Waals surface area contributed by atoms with E-state index in [0.29, 0.717) is 11.4 Å². The Kier molecular flexibility index (Phi) is 9.62. The van der Waals surface area contributed by atoms with Crippen LogP contribution < -0.4 is 20.1 Å². The lowest BCUT2D eigenvalue weighted by molar-refractivity contribution is 0.0389. The number of rotatable bonds is 9. The number of carbonyl (C=O) groups is 2. The summed E-state index contributed by atoms with van der Waals surface area (Å²) in [6.07, 6.45) is -0.756. The standard InChI is InChI=1S/C29H37N5O8S/c1-17-14-34(18(2)16-35)28(36)23-8-7-9-24(31-29(37)30-21-10-12-22(40-6)13-11-21)26(23)41-25(17)15-33(5)43(38,39)27-19(3)32-42-20(27)4/h7-13,17-18,25,35H,14-16H2,1-6H3,(H2,30,31,37)/t17-,18+,25+/m0/s1. The van der Waals surface area contributed by atoms with Crippen LogP contribution in [0.2, 0.25) is 0 Å². The van der Waals surface area contributed by atoms with Gasteiger partial charge in [-0.2, -0.15) is 4.31 Å². The first-order chi connectivity index (χ1) is 20.4. The summed E-state index contributed by atoms with van der Waals surface area (Å²) in [5, 5.41) is 19.2. The van der Waals surface area contributed by atoms with Crippen LogP contribution in [0.5, 0.6) is 11.5 Å². The maximum Gasteiger partial charge on any atom is 0.323 e. The summed E-state index contributed by atoms with van der Waals surface area (Å²) in [6.45, 7) is 6.47. The monoisotopic (exact) mass is 615 g/mol. The molecule has 3 amide bonds. The second kappa shape index (κ2) is 13.0. The van der Waals surface area contributed by atoms with E-state index >= 15 is 0 Å². The quantitative estimate of drug-likeness (QED) is 0.327. The van der Waals surface area contributed by atoms with Gasteiger partial charge < -0.3 is 34.6 Å². The van der Waals surface area contributed by atoms with Crippen molar-refractivity contribution in [3.63, 3.8) is 0 Å². The molecule has 3 aromatic rings. The molecule has 1 aromatic heterocycles. The summed E-state index contributed by atoms with van der Waals surface area (Å²) in [5.41, 5.74) is 1.12. The Morgan fingerprint density at radius 3 is 2.51 bits per heavy atom. The number of anilines is 2. The van der Waals surface area contributed by atoms with E-state index in [1.807, 2.05) is 6.92 Å². The number of nitrogens with zero attached hydrogens (tertiary/aromatic N) is 3. The first-order valence-corrected chi connectivity index (χ1v) is 15.1. The molecular weight excluding hydrogens is 578 g/mol. The Balaban J connectivity index is 1.68. The highest BCUT2D eigenvalue weighted by molar-refractivity contribution is 7.89. The minimum absolute atomic E-state index is 0.0165. The molecule has 232 valence electrons. The third kappa shape index (κ3) is 6.76. The van der Waals surface area contributed by atoms with Crippen LogP contribution in [0, 0.1) is 19.8 Å². The molecular formula is C29H37N5O8S. The number of amides is 3. The van der Waals surface area contributed by atoms with Crippen molar-refractivity contribution >= 4 is 33.3 Å². The van der Waals surface area contributed by atoms with Crippen LogP contribution in [-0.2, 0) is 10.0 Å². The van der Waals surface area contributed by atoms with Crippen molar-refractivity contribution in [3.05, 3.63) is 59.5 Å². The fraction of sp³-hybridized carbons (Fsp3) is 0.414. The Morgan fingerprint density at radius 2 is 1.91 bits per heavy atom. The van der Waals surface area contributed by atoms with Crippen molar-refractivity contribution in [1.82, 2.24) is 14.4 Å². The number of nitrogens with one attached hydrogen (secondary N) is 2. The first kappa shape index (κ1) is 31.8. The lowest BCUT2D eigenvalue weighted by atomic mass is 9.99. The zero-order valence-electron chi connectivity index (χ0n) is 24.9. The number of fused-ring (bicyclic) bond motifs is 1. The van der Waals surface area contributed by atoms with Gasteiger partial charge >= 0.3 is 6.03 Å². The highest BCUT2D eigenvalue weighted by atomic mass is 32.2. The Hall–Kier alpha value is -4.14. The van der Waals surface area contributed by atoms with Crippen molar-refractivity contribution in [1.29, 1.82) is 0 Å². The Bertz CT molecular complexity index is 1550. The van der Waals surface area contributed by atoms with E-state index in [1.54, 1.807) is 63.4 Å². The number of aromatic nitrogens is 1. The highest BCUT2D eigenvalue weighted by Crippen LogP contribution is 2.35. The Labute approximate surface area is 250 Å². The van der Waals surface area contributed by atoms with E-state index in [4.69, 9.17) is 14.0 Å². The topological polar surface area (TPSA) is 164 Å². The van der Waals surface area contributed by atoms with Gasteiger partial charge in [-0.1, -0.05) is 18.1 Å². The third-order valence-corrected chi connectivity index (χ3v) is 9.43. The maximum atomic E-state index is 13.7. The largest absolute Gasteiger partial charge is 0.497 e. The van der Waals surface area contributed by atoms with Crippen molar-refractivity contribution in [2.24, 2.45) is 5.92 Å². The minimum Gasteiger partial charge on any atom is -0.497 e. The lowest BCUT2D eigenvalue weighted by Crippen LogP contribution is -2.50. The number of hydrogen-bond acceptors (Lipinski definition) is 9. The van der Waals surface area contributed by atoms with Gasteiger partial charge in [0.05, 0.1) is 37.6 Å². The van der Waals surface area contributed by atoms with Gasteiger partial charge in [0.25, 0.3) is 5.91 Å². The second-order valence-corrected chi connectivity index (χ2v) is 12.5. The molecule has 2 aromatic carbocycles. The number of likely N-dealkylation sites (N-methyl/N-ethyl adjacent to an activating group) is 1. The maximum absolute atomic E-state index is 13.7. The number of aliphatic hydroxyl groups is 1. The van der Waals surface area contributed by atoms with E-state index in [9.17, 15) is 23.1 Å². The predicted molar refractivity (Wildman–Crippen MR) is 159 cm³/mol. The molecule has 0 spiro atoms. The second-order valence-electron chi connectivity index (χ2n) is 10.6. The van der Waals surface area contributed by atoms with Crippen LogP contribution in [0.1, 0.15) is 35.7 Å². The zero-order valence-corrected chi connectivity index (χ0v) is 25.8. The molecule has 0 fully saturated rings. The number of urea groups is 1. The van der Waals surface area contributed by atoms with Crippen molar-refractivity contribution < 1.29 is 37.1 Å². The number of sulfonamides is 1. The van der Waals surface area contributed by atoms with Gasteiger partial charge in [-0.05, 0) is 57.2 Å². The number of para-hydroxylation sites is 1. The van der Waals surface area contributed by atoms with Gasteiger partial charge in [0.15, 0.2) is 11.5 Å². The van der Waals surface area contributed by atoms with Crippen LogP contribution in [0.15, 0.2) is 51.9 Å². The van der Waals surface area contributed by atoms with E-state index < -0.39 is 34.1 Å². The highest BCUT2D eigenvalue weighted by Gasteiger charge is 2.37. The van der Waals surface area contributed by atoms with Crippen LogP contribution >= 0.6 is 0 Å². The molecule has 3 N–H and O–H groups in total. The fourth-order valence-corrected chi connectivity index (χ4v) is 6.33. The summed E-state index contributed by atoms with van der Waals surface area (Å²) >= 11 is 0. The smallest absolute Gasteiger partial charge is 0.323 e. The molecule has 0 bridgehead atoms. The van der Waals surface area contributed by atoms with E-state index in [1.165, 1.54) is 18.9 Å². The average Bonchev–Trinajstić information content (AvgIpc) is 3.33. The summed E-state index contributed by atoms with van der Waals surface area (Å²) in [5.74, 6) is 0.120. The average molecular weight is 616 g/mol. The third-order valence-electron chi connectivity index (χ3n) is 7.36. The molecule has 0 saturated carbocycles. The van der Waals surface area contributed by atoms with Crippen molar-refractivity contribution in [2.75, 3.05) is 44.5 Å². The molecule has 0 unspecified atom stereocenters. The molecule has 0 saturated heterocycles.